The molecule has 3 rings (SSSR count). The first kappa shape index (κ1) is 18.5. The van der Waals surface area contributed by atoms with Crippen molar-refractivity contribution in [2.24, 2.45) is 0 Å². The topological polar surface area (TPSA) is 81.9 Å². The van der Waals surface area contributed by atoms with Crippen molar-refractivity contribution in [3.05, 3.63) is 65.6 Å². The van der Waals surface area contributed by atoms with Crippen LogP contribution in [-0.2, 0) is 14.3 Å². The predicted octanol–water partition coefficient (Wildman–Crippen LogP) is 3.19. The molecule has 27 heavy (non-hydrogen) atoms. The van der Waals surface area contributed by atoms with Crippen LogP contribution < -0.4 is 10.1 Å². The highest BCUT2D eigenvalue weighted by Gasteiger charge is 2.09. The number of nitrogens with zero attached hydrogens (tertiary/aromatic N) is 2. The van der Waals surface area contributed by atoms with E-state index in [9.17, 15) is 9.59 Å². The largest absolute Gasteiger partial charge is 0.497 e. The van der Waals surface area contributed by atoms with Gasteiger partial charge in [-0.05, 0) is 30.3 Å². The number of hydrogen-bond donors (Lipinski definition) is 1. The maximum atomic E-state index is 11.9. The summed E-state index contributed by atoms with van der Waals surface area (Å²) in [4.78, 5) is 27.9. The normalized spacial score (nSPS) is 10.9. The van der Waals surface area contributed by atoms with Gasteiger partial charge in [-0.15, -0.1) is 0 Å². The zero-order chi connectivity index (χ0) is 19.2. The van der Waals surface area contributed by atoms with Crippen molar-refractivity contribution in [3.63, 3.8) is 0 Å². The van der Waals surface area contributed by atoms with E-state index in [0.29, 0.717) is 22.8 Å². The van der Waals surface area contributed by atoms with Gasteiger partial charge in [0.1, 0.15) is 11.4 Å². The van der Waals surface area contributed by atoms with Crippen molar-refractivity contribution in [2.45, 2.75) is 0 Å². The van der Waals surface area contributed by atoms with Crippen LogP contribution in [0.2, 0.25) is 5.15 Å². The lowest BCUT2D eigenvalue weighted by atomic mass is 10.3. The molecule has 0 atom stereocenters. The van der Waals surface area contributed by atoms with Crippen LogP contribution in [0.4, 0.5) is 5.69 Å². The summed E-state index contributed by atoms with van der Waals surface area (Å²) in [6, 6.07) is 12.3. The van der Waals surface area contributed by atoms with Gasteiger partial charge >= 0.3 is 5.97 Å². The summed E-state index contributed by atoms with van der Waals surface area (Å²) < 4.78 is 11.8. The summed E-state index contributed by atoms with van der Waals surface area (Å²) in [7, 11) is 1.53. The van der Waals surface area contributed by atoms with E-state index < -0.39 is 18.5 Å². The molecular weight excluding hydrogens is 370 g/mol. The third kappa shape index (κ3) is 4.65. The number of fused-ring (bicyclic) bond motifs is 1. The minimum absolute atomic E-state index is 0.265. The van der Waals surface area contributed by atoms with Gasteiger partial charge in [0.15, 0.2) is 11.8 Å². The van der Waals surface area contributed by atoms with Crippen LogP contribution >= 0.6 is 11.6 Å². The van der Waals surface area contributed by atoms with Gasteiger partial charge in [-0.2, -0.15) is 0 Å². The highest BCUT2D eigenvalue weighted by molar-refractivity contribution is 6.31. The van der Waals surface area contributed by atoms with E-state index in [1.165, 1.54) is 19.3 Å². The molecule has 0 aliphatic heterocycles. The van der Waals surface area contributed by atoms with Gasteiger partial charge in [0.25, 0.3) is 5.91 Å². The van der Waals surface area contributed by atoms with Crippen molar-refractivity contribution in [3.8, 4) is 5.75 Å². The Labute approximate surface area is 160 Å². The molecule has 0 bridgehead atoms. The molecule has 7 nitrogen and oxygen atoms in total. The van der Waals surface area contributed by atoms with Crippen LogP contribution in [0.5, 0.6) is 5.75 Å². The summed E-state index contributed by atoms with van der Waals surface area (Å²) in [5.74, 6) is -0.520. The minimum atomic E-state index is -0.669. The Morgan fingerprint density at radius 1 is 1.26 bits per heavy atom. The number of esters is 1. The van der Waals surface area contributed by atoms with Crippen molar-refractivity contribution in [1.82, 2.24) is 9.38 Å². The maximum absolute atomic E-state index is 11.9. The fraction of sp³-hybridized carbons (Fsp3) is 0.105. The zero-order valence-electron chi connectivity index (χ0n) is 14.4. The molecule has 138 valence electrons. The molecule has 2 heterocycles. The summed E-state index contributed by atoms with van der Waals surface area (Å²) in [6.45, 7) is -0.415. The SMILES string of the molecule is COc1cccc(NC(=O)COC(=O)/C=C/c2c(Cl)nc3ccccn23)c1. The van der Waals surface area contributed by atoms with Crippen molar-refractivity contribution >= 4 is 40.9 Å². The van der Waals surface area contributed by atoms with Crippen molar-refractivity contribution in [1.29, 1.82) is 0 Å². The molecule has 0 saturated carbocycles. The number of carbonyl (C=O) groups is 2. The van der Waals surface area contributed by atoms with E-state index in [0.717, 1.165) is 0 Å². The molecule has 1 N–H and O–H groups in total. The zero-order valence-corrected chi connectivity index (χ0v) is 15.1. The lowest BCUT2D eigenvalue weighted by molar-refractivity contribution is -0.142. The molecule has 3 aromatic rings. The molecule has 0 aliphatic carbocycles. The molecule has 0 aliphatic rings. The smallest absolute Gasteiger partial charge is 0.331 e. The number of amides is 1. The second kappa shape index (κ2) is 8.37. The number of hydrogen-bond acceptors (Lipinski definition) is 5. The van der Waals surface area contributed by atoms with Crippen molar-refractivity contribution < 1.29 is 19.1 Å². The molecule has 0 unspecified atom stereocenters. The first-order chi connectivity index (χ1) is 13.1. The molecule has 0 spiro atoms. The number of anilines is 1. The number of nitrogens with one attached hydrogen (secondary N) is 1. The number of aromatic nitrogens is 2. The Morgan fingerprint density at radius 2 is 2.11 bits per heavy atom. The predicted molar refractivity (Wildman–Crippen MR) is 102 cm³/mol. The first-order valence-electron chi connectivity index (χ1n) is 7.98. The molecule has 1 aromatic carbocycles. The van der Waals surface area contributed by atoms with Gasteiger partial charge in [-0.3, -0.25) is 9.20 Å². The van der Waals surface area contributed by atoms with Crippen molar-refractivity contribution in [2.75, 3.05) is 19.0 Å². The van der Waals surface area contributed by atoms with E-state index in [4.69, 9.17) is 21.1 Å². The first-order valence-corrected chi connectivity index (χ1v) is 8.36. The van der Waals surface area contributed by atoms with E-state index in [1.807, 2.05) is 12.1 Å². The number of carbonyl (C=O) groups excluding carboxylic acids is 2. The fourth-order valence-electron chi connectivity index (χ4n) is 2.36. The number of imidazole rings is 1. The van der Waals surface area contributed by atoms with Crippen LogP contribution in [0.1, 0.15) is 5.69 Å². The number of rotatable bonds is 6. The second-order valence-corrected chi connectivity index (χ2v) is 5.80. The van der Waals surface area contributed by atoms with E-state index in [1.54, 1.807) is 40.9 Å². The second-order valence-electron chi connectivity index (χ2n) is 5.44. The number of benzene rings is 1. The number of pyridine rings is 1. The standard InChI is InChI=1S/C19H16ClN3O4/c1-26-14-6-4-5-13(11-14)21-17(24)12-27-18(25)9-8-15-19(20)22-16-7-2-3-10-23(15)16/h2-11H,12H2,1H3,(H,21,24)/b9-8+. The Hall–Kier alpha value is -3.32. The molecule has 0 saturated heterocycles. The lowest BCUT2D eigenvalue weighted by Crippen LogP contribution is -2.20. The van der Waals surface area contributed by atoms with Gasteiger partial charge in [-0.25, -0.2) is 9.78 Å². The maximum Gasteiger partial charge on any atom is 0.331 e. The monoisotopic (exact) mass is 385 g/mol. The van der Waals surface area contributed by atoms with Crippen LogP contribution in [0.3, 0.4) is 0 Å². The lowest BCUT2D eigenvalue weighted by Gasteiger charge is -2.07. The Balaban J connectivity index is 1.56. The highest BCUT2D eigenvalue weighted by atomic mass is 35.5. The molecule has 8 heteroatoms. The number of halogens is 1. The van der Waals surface area contributed by atoms with Crippen LogP contribution in [0, 0.1) is 0 Å². The average molecular weight is 386 g/mol. The van der Waals surface area contributed by atoms with E-state index >= 15 is 0 Å². The Bertz CT molecular complexity index is 1010. The summed E-state index contributed by atoms with van der Waals surface area (Å²) in [6.07, 6.45) is 4.46. The average Bonchev–Trinajstić information content (AvgIpc) is 3.00. The van der Waals surface area contributed by atoms with Gasteiger partial charge in [0.05, 0.1) is 12.8 Å². The molecule has 2 aromatic heterocycles. The Kier molecular flexibility index (Phi) is 5.73. The van der Waals surface area contributed by atoms with E-state index in [2.05, 4.69) is 10.3 Å². The Morgan fingerprint density at radius 3 is 2.93 bits per heavy atom. The summed E-state index contributed by atoms with van der Waals surface area (Å²) in [5.41, 5.74) is 1.75. The highest BCUT2D eigenvalue weighted by Crippen LogP contribution is 2.19. The molecule has 1 amide bonds. The van der Waals surface area contributed by atoms with Gasteiger partial charge in [0, 0.05) is 24.0 Å². The van der Waals surface area contributed by atoms with E-state index in [-0.39, 0.29) is 5.15 Å². The quantitative estimate of drug-likeness (QED) is 0.520. The molecular formula is C19H16ClN3O4. The molecule has 0 radical (unpaired) electrons. The van der Waals surface area contributed by atoms with Gasteiger partial charge in [0.2, 0.25) is 0 Å². The minimum Gasteiger partial charge on any atom is -0.497 e. The van der Waals surface area contributed by atoms with Crippen LogP contribution in [0.25, 0.3) is 11.7 Å². The van der Waals surface area contributed by atoms with Gasteiger partial charge < -0.3 is 14.8 Å². The fourth-order valence-corrected chi connectivity index (χ4v) is 2.61. The third-order valence-electron chi connectivity index (χ3n) is 3.60. The third-order valence-corrected chi connectivity index (χ3v) is 3.88. The number of methoxy groups -OCH3 is 1. The summed E-state index contributed by atoms with van der Waals surface area (Å²) in [5, 5.41) is 2.88. The van der Waals surface area contributed by atoms with Crippen LogP contribution in [-0.4, -0.2) is 35.0 Å². The van der Waals surface area contributed by atoms with Gasteiger partial charge in [-0.1, -0.05) is 23.7 Å². The molecule has 0 fully saturated rings. The summed E-state index contributed by atoms with van der Waals surface area (Å²) >= 11 is 6.08. The number of ether oxygens (including phenoxy) is 2. The van der Waals surface area contributed by atoms with Crippen LogP contribution in [0.15, 0.2) is 54.7 Å².